The first-order valence-electron chi connectivity index (χ1n) is 7.83. The lowest BCUT2D eigenvalue weighted by Gasteiger charge is -2.20. The molecule has 0 spiro atoms. The second-order valence-electron chi connectivity index (χ2n) is 5.49. The fraction of sp³-hybridized carbons (Fsp3) is 0.500. The average molecular weight is 402 g/mol. The van der Waals surface area contributed by atoms with Crippen molar-refractivity contribution in [3.8, 4) is 0 Å². The van der Waals surface area contributed by atoms with Gasteiger partial charge in [-0.15, -0.1) is 0 Å². The van der Waals surface area contributed by atoms with E-state index in [-0.39, 0.29) is 12.2 Å². The van der Waals surface area contributed by atoms with Crippen molar-refractivity contribution in [1.82, 2.24) is 25.9 Å². The third kappa shape index (κ3) is 7.64. The molecular weight excluding hydrogens is 380 g/mol. The summed E-state index contributed by atoms with van der Waals surface area (Å²) in [7, 11) is 0. The van der Waals surface area contributed by atoms with E-state index in [9.17, 15) is 19.2 Å². The number of carbonyl (C=O) groups excluding carboxylic acids is 3. The average Bonchev–Trinajstić information content (AvgIpc) is 3.15. The van der Waals surface area contributed by atoms with Gasteiger partial charge in [0.25, 0.3) is 0 Å². The highest BCUT2D eigenvalue weighted by atomic mass is 32.1. The van der Waals surface area contributed by atoms with Crippen LogP contribution in [0.5, 0.6) is 0 Å². The number of nitrogens with zero attached hydrogens (tertiary/aromatic N) is 1. The molecule has 8 N–H and O–H groups in total. The van der Waals surface area contributed by atoms with Crippen molar-refractivity contribution in [3.63, 3.8) is 0 Å². The van der Waals surface area contributed by atoms with Crippen molar-refractivity contribution in [3.05, 3.63) is 18.2 Å². The fourth-order valence-corrected chi connectivity index (χ4v) is 2.16. The second-order valence-corrected chi connectivity index (χ2v) is 5.86. The molecule has 3 atom stereocenters. The normalized spacial score (nSPS) is 13.9. The van der Waals surface area contributed by atoms with Crippen molar-refractivity contribution in [1.29, 1.82) is 0 Å². The van der Waals surface area contributed by atoms with Gasteiger partial charge >= 0.3 is 5.97 Å². The molecule has 0 aromatic carbocycles. The lowest BCUT2D eigenvalue weighted by atomic mass is 10.1. The summed E-state index contributed by atoms with van der Waals surface area (Å²) >= 11 is 3.86. The van der Waals surface area contributed by atoms with Crippen molar-refractivity contribution in [2.24, 2.45) is 5.73 Å². The van der Waals surface area contributed by atoms with Gasteiger partial charge in [0.1, 0.15) is 18.1 Å². The number of aromatic nitrogens is 2. The maximum absolute atomic E-state index is 12.4. The number of aliphatic hydroxyl groups is 1. The van der Waals surface area contributed by atoms with Crippen LogP contribution in [0.15, 0.2) is 12.5 Å². The van der Waals surface area contributed by atoms with E-state index in [0.29, 0.717) is 5.69 Å². The minimum absolute atomic E-state index is 0.0145. The molecule has 1 aromatic heterocycles. The van der Waals surface area contributed by atoms with Crippen LogP contribution in [0.4, 0.5) is 0 Å². The molecule has 0 saturated heterocycles. The highest BCUT2D eigenvalue weighted by molar-refractivity contribution is 7.80. The SMILES string of the molecule is NC(CO)C(=O)NCC(=O)NC(Cc1cnc[nH]1)C(=O)NC(CS)C(=O)O. The number of aliphatic carboxylic acids is 1. The van der Waals surface area contributed by atoms with Crippen LogP contribution >= 0.6 is 12.6 Å². The topological polar surface area (TPSA) is 200 Å². The third-order valence-electron chi connectivity index (χ3n) is 3.38. The third-order valence-corrected chi connectivity index (χ3v) is 3.75. The van der Waals surface area contributed by atoms with Crippen LogP contribution in [0.1, 0.15) is 5.69 Å². The van der Waals surface area contributed by atoms with E-state index < -0.39 is 55.0 Å². The van der Waals surface area contributed by atoms with Gasteiger partial charge in [0.15, 0.2) is 0 Å². The van der Waals surface area contributed by atoms with E-state index in [1.807, 2.05) is 0 Å². The molecule has 1 rings (SSSR count). The molecule has 0 aliphatic carbocycles. The van der Waals surface area contributed by atoms with E-state index in [1.165, 1.54) is 12.5 Å². The minimum atomic E-state index is -1.27. The molecule has 0 radical (unpaired) electrons. The Kier molecular flexibility index (Phi) is 9.25. The molecule has 0 fully saturated rings. The molecule has 27 heavy (non-hydrogen) atoms. The van der Waals surface area contributed by atoms with Gasteiger partial charge in [-0.1, -0.05) is 0 Å². The zero-order chi connectivity index (χ0) is 20.4. The highest BCUT2D eigenvalue weighted by Crippen LogP contribution is 2.00. The van der Waals surface area contributed by atoms with Crippen LogP contribution < -0.4 is 21.7 Å². The summed E-state index contributed by atoms with van der Waals surface area (Å²) in [6.45, 7) is -1.06. The van der Waals surface area contributed by atoms with Gasteiger partial charge in [-0.25, -0.2) is 9.78 Å². The molecule has 1 heterocycles. The zero-order valence-corrected chi connectivity index (χ0v) is 15.1. The summed E-state index contributed by atoms with van der Waals surface area (Å²) < 4.78 is 0. The first-order valence-corrected chi connectivity index (χ1v) is 8.46. The number of rotatable bonds is 11. The van der Waals surface area contributed by atoms with Gasteiger partial charge in [-0.05, 0) is 0 Å². The van der Waals surface area contributed by atoms with Crippen molar-refractivity contribution >= 4 is 36.3 Å². The van der Waals surface area contributed by atoms with Gasteiger partial charge in [-0.3, -0.25) is 14.4 Å². The molecule has 12 nitrogen and oxygen atoms in total. The van der Waals surface area contributed by atoms with E-state index in [1.54, 1.807) is 0 Å². The maximum Gasteiger partial charge on any atom is 0.327 e. The van der Waals surface area contributed by atoms with Gasteiger partial charge < -0.3 is 36.9 Å². The van der Waals surface area contributed by atoms with Crippen LogP contribution in [-0.4, -0.2) is 80.9 Å². The number of hydrogen-bond donors (Lipinski definition) is 8. The van der Waals surface area contributed by atoms with Crippen LogP contribution in [-0.2, 0) is 25.6 Å². The number of hydrogen-bond acceptors (Lipinski definition) is 8. The number of nitrogens with two attached hydrogens (primary N) is 1. The molecule has 150 valence electrons. The van der Waals surface area contributed by atoms with E-state index >= 15 is 0 Å². The molecule has 13 heteroatoms. The van der Waals surface area contributed by atoms with Crippen LogP contribution in [0.3, 0.4) is 0 Å². The molecule has 0 aliphatic rings. The largest absolute Gasteiger partial charge is 0.480 e. The quantitative estimate of drug-likeness (QED) is 0.173. The molecule has 3 amide bonds. The van der Waals surface area contributed by atoms with Crippen LogP contribution in [0.2, 0.25) is 0 Å². The smallest absolute Gasteiger partial charge is 0.327 e. The molecule has 0 bridgehead atoms. The zero-order valence-electron chi connectivity index (χ0n) is 14.2. The summed E-state index contributed by atoms with van der Waals surface area (Å²) in [5.41, 5.74) is 5.84. The summed E-state index contributed by atoms with van der Waals surface area (Å²) in [6.07, 6.45) is 2.85. The van der Waals surface area contributed by atoms with Crippen LogP contribution in [0.25, 0.3) is 0 Å². The highest BCUT2D eigenvalue weighted by Gasteiger charge is 2.26. The van der Waals surface area contributed by atoms with E-state index in [0.717, 1.165) is 0 Å². The van der Waals surface area contributed by atoms with Gasteiger partial charge in [-0.2, -0.15) is 12.6 Å². The Hall–Kier alpha value is -2.64. The maximum atomic E-state index is 12.4. The van der Waals surface area contributed by atoms with E-state index in [4.69, 9.17) is 15.9 Å². The molecule has 1 aromatic rings. The molecule has 3 unspecified atom stereocenters. The monoisotopic (exact) mass is 402 g/mol. The summed E-state index contributed by atoms with van der Waals surface area (Å²) in [5, 5.41) is 24.7. The Morgan fingerprint density at radius 3 is 2.44 bits per heavy atom. The number of aromatic amines is 1. The van der Waals surface area contributed by atoms with Crippen LogP contribution in [0, 0.1) is 0 Å². The summed E-state index contributed by atoms with van der Waals surface area (Å²) in [5.74, 6) is -3.58. The Morgan fingerprint density at radius 2 is 1.93 bits per heavy atom. The standard InChI is InChI=1S/C14H22N6O6S/c15-8(4-21)12(23)17-3-11(22)19-9(1-7-2-16-6-18-7)13(24)20-10(5-27)14(25)26/h2,6,8-10,21,27H,1,3-5,15H2,(H,16,18)(H,17,23)(H,19,22)(H,20,24)(H,25,26). The molecule has 0 aliphatic heterocycles. The van der Waals surface area contributed by atoms with Gasteiger partial charge in [0, 0.05) is 24.1 Å². The van der Waals surface area contributed by atoms with E-state index in [2.05, 4.69) is 38.5 Å². The number of carboxylic acids is 1. The predicted molar refractivity (Wildman–Crippen MR) is 95.7 cm³/mol. The second kappa shape index (κ2) is 11.2. The first-order chi connectivity index (χ1) is 12.8. The number of imidazole rings is 1. The summed E-state index contributed by atoms with van der Waals surface area (Å²) in [6, 6.07) is -3.53. The number of carboxylic acid groups (broad SMARTS) is 1. The summed E-state index contributed by atoms with van der Waals surface area (Å²) in [4.78, 5) is 53.5. The number of carbonyl (C=O) groups is 4. The fourth-order valence-electron chi connectivity index (χ4n) is 1.91. The van der Waals surface area contributed by atoms with Crippen molar-refractivity contribution in [2.45, 2.75) is 24.5 Å². The van der Waals surface area contributed by atoms with Crippen molar-refractivity contribution in [2.75, 3.05) is 18.9 Å². The lowest BCUT2D eigenvalue weighted by Crippen LogP contribution is -2.55. The Bertz CT molecular complexity index is 655. The Balaban J connectivity index is 2.73. The number of aliphatic hydroxyl groups excluding tert-OH is 1. The molecular formula is C14H22N6O6S. The Morgan fingerprint density at radius 1 is 1.22 bits per heavy atom. The number of nitrogens with one attached hydrogen (secondary N) is 4. The minimum Gasteiger partial charge on any atom is -0.480 e. The predicted octanol–water partition coefficient (Wildman–Crippen LogP) is -3.63. The van der Waals surface area contributed by atoms with Gasteiger partial charge in [0.05, 0.1) is 19.5 Å². The van der Waals surface area contributed by atoms with Gasteiger partial charge in [0.2, 0.25) is 17.7 Å². The Labute approximate surface area is 159 Å². The number of thiol groups is 1. The lowest BCUT2D eigenvalue weighted by molar-refractivity contribution is -0.141. The first kappa shape index (κ1) is 22.4. The number of amides is 3. The van der Waals surface area contributed by atoms with Crippen molar-refractivity contribution < 1.29 is 29.4 Å². The number of H-pyrrole nitrogens is 1. The molecule has 0 saturated carbocycles.